The molecule has 4 heterocycles. The first-order chi connectivity index (χ1) is 20.6. The van der Waals surface area contributed by atoms with Crippen LogP contribution < -0.4 is 24.7 Å². The summed E-state index contributed by atoms with van der Waals surface area (Å²) in [5.41, 5.74) is 7.39. The Balaban J connectivity index is 1.11. The number of pyridine rings is 1. The van der Waals surface area contributed by atoms with Gasteiger partial charge < -0.3 is 19.7 Å². The number of aromatic amines is 2. The number of hydrogen-bond acceptors (Lipinski definition) is 7. The van der Waals surface area contributed by atoms with Crippen LogP contribution in [0.1, 0.15) is 16.7 Å². The third-order valence-electron chi connectivity index (χ3n) is 7.29. The molecule has 1 aliphatic heterocycles. The van der Waals surface area contributed by atoms with Gasteiger partial charge in [-0.15, -0.1) is 0 Å². The van der Waals surface area contributed by atoms with E-state index >= 15 is 0 Å². The number of benzene rings is 3. The van der Waals surface area contributed by atoms with Crippen molar-refractivity contribution in [1.82, 2.24) is 25.3 Å². The number of hydrogen-bond donors (Lipinski definition) is 2. The highest BCUT2D eigenvalue weighted by atomic mass is 16.6. The van der Waals surface area contributed by atoms with Gasteiger partial charge in [0.15, 0.2) is 0 Å². The highest BCUT2D eigenvalue weighted by Gasteiger charge is 2.21. The number of imidazole rings is 1. The monoisotopic (exact) mass is 558 g/mol. The molecule has 7 rings (SSSR count). The van der Waals surface area contributed by atoms with E-state index < -0.39 is 6.09 Å². The molecule has 10 heteroatoms. The molecule has 1 aliphatic rings. The first-order valence-corrected chi connectivity index (χ1v) is 13.7. The number of H-pyrrole nitrogens is 2. The molecule has 0 atom stereocenters. The van der Waals surface area contributed by atoms with Gasteiger partial charge in [-0.25, -0.2) is 19.7 Å². The number of rotatable bonds is 5. The van der Waals surface area contributed by atoms with Crippen molar-refractivity contribution in [3.63, 3.8) is 0 Å². The molecule has 42 heavy (non-hydrogen) atoms. The molecule has 3 N–H and O–H groups in total. The fourth-order valence-electron chi connectivity index (χ4n) is 5.19. The third-order valence-corrected chi connectivity index (χ3v) is 7.29. The molecular formula is C32H28N7O3+. The summed E-state index contributed by atoms with van der Waals surface area (Å²) in [4.78, 5) is 34.3. The first-order valence-electron chi connectivity index (χ1n) is 13.7. The highest BCUT2D eigenvalue weighted by molar-refractivity contribution is 5.90. The zero-order valence-electron chi connectivity index (χ0n) is 22.9. The van der Waals surface area contributed by atoms with Crippen molar-refractivity contribution in [2.75, 3.05) is 18.1 Å². The molecule has 10 nitrogen and oxygen atoms in total. The number of amides is 1. The van der Waals surface area contributed by atoms with Gasteiger partial charge in [-0.1, -0.05) is 48.0 Å². The number of carbonyl (C=O) groups excluding carboxylic acids is 1. The summed E-state index contributed by atoms with van der Waals surface area (Å²) in [6.07, 6.45) is 2.93. The zero-order valence-corrected chi connectivity index (χ0v) is 22.9. The van der Waals surface area contributed by atoms with Gasteiger partial charge in [0.25, 0.3) is 0 Å². The average molecular weight is 559 g/mol. The van der Waals surface area contributed by atoms with E-state index in [0.717, 1.165) is 44.7 Å². The van der Waals surface area contributed by atoms with Crippen LogP contribution in [0.4, 0.5) is 10.6 Å². The van der Waals surface area contributed by atoms with Crippen LogP contribution in [-0.4, -0.2) is 39.2 Å². The minimum absolute atomic E-state index is 0.113. The van der Waals surface area contributed by atoms with Crippen LogP contribution in [0.2, 0.25) is 0 Å². The molecule has 0 saturated carbocycles. The van der Waals surface area contributed by atoms with Crippen LogP contribution in [0.15, 0.2) is 85.3 Å². The van der Waals surface area contributed by atoms with E-state index in [1.165, 1.54) is 5.56 Å². The molecule has 0 saturated heterocycles. The molecule has 3 aromatic carbocycles. The van der Waals surface area contributed by atoms with Crippen molar-refractivity contribution in [1.29, 1.82) is 0 Å². The van der Waals surface area contributed by atoms with Crippen molar-refractivity contribution < 1.29 is 19.3 Å². The molecular weight excluding hydrogens is 530 g/mol. The molecule has 1 amide bonds. The number of aromatic nitrogens is 5. The number of anilines is 1. The summed E-state index contributed by atoms with van der Waals surface area (Å²) >= 11 is 0. The lowest BCUT2D eigenvalue weighted by Gasteiger charge is -2.22. The van der Waals surface area contributed by atoms with Gasteiger partial charge in [0, 0.05) is 34.6 Å². The zero-order chi connectivity index (χ0) is 28.5. The Kier molecular flexibility index (Phi) is 6.55. The van der Waals surface area contributed by atoms with E-state index in [1.807, 2.05) is 60.8 Å². The Morgan fingerprint density at radius 2 is 1.98 bits per heavy atom. The summed E-state index contributed by atoms with van der Waals surface area (Å²) in [6.45, 7) is 4.35. The summed E-state index contributed by atoms with van der Waals surface area (Å²) in [6, 6.07) is 24.1. The molecule has 208 valence electrons. The second-order valence-corrected chi connectivity index (χ2v) is 10.2. The van der Waals surface area contributed by atoms with Crippen molar-refractivity contribution in [2.24, 2.45) is 0 Å². The van der Waals surface area contributed by atoms with Crippen LogP contribution in [0.5, 0.6) is 11.8 Å². The largest absolute Gasteiger partial charge is 0.491 e. The number of nitrogens with one attached hydrogen (secondary N) is 3. The van der Waals surface area contributed by atoms with E-state index in [4.69, 9.17) is 9.47 Å². The Hall–Kier alpha value is -5.51. The van der Waals surface area contributed by atoms with Crippen molar-refractivity contribution in [3.8, 4) is 22.9 Å². The first kappa shape index (κ1) is 25.5. The van der Waals surface area contributed by atoms with Gasteiger partial charge in [-0.3, -0.25) is 4.98 Å². The van der Waals surface area contributed by atoms with E-state index in [0.29, 0.717) is 37.4 Å². The van der Waals surface area contributed by atoms with E-state index in [9.17, 15) is 4.79 Å². The SMILES string of the molecule is Cc1ccc2ncnc(N3CCOc4ccc(-c5c[nH+]c6nc(OC(=O)NCc7ccccc7)[nH]c6c5)cc4C3)c2c1. The smallest absolute Gasteiger partial charge is 0.420 e. The van der Waals surface area contributed by atoms with Crippen LogP contribution in [0.25, 0.3) is 33.2 Å². The predicted molar refractivity (Wildman–Crippen MR) is 158 cm³/mol. The van der Waals surface area contributed by atoms with Gasteiger partial charge in [0.2, 0.25) is 0 Å². The number of nitrogens with zero attached hydrogens (tertiary/aromatic N) is 4. The molecule has 6 aromatic rings. The highest BCUT2D eigenvalue weighted by Crippen LogP contribution is 2.33. The molecule has 3 aromatic heterocycles. The number of ether oxygens (including phenoxy) is 2. The summed E-state index contributed by atoms with van der Waals surface area (Å²) < 4.78 is 11.5. The summed E-state index contributed by atoms with van der Waals surface area (Å²) in [7, 11) is 0. The fourth-order valence-corrected chi connectivity index (χ4v) is 5.19. The molecule has 0 unspecified atom stereocenters. The summed E-state index contributed by atoms with van der Waals surface area (Å²) in [5.74, 6) is 1.76. The maximum atomic E-state index is 12.3. The van der Waals surface area contributed by atoms with Crippen molar-refractivity contribution in [3.05, 3.63) is 102 Å². The van der Waals surface area contributed by atoms with Crippen molar-refractivity contribution >= 4 is 34.0 Å². The minimum Gasteiger partial charge on any atom is -0.491 e. The van der Waals surface area contributed by atoms with Crippen LogP contribution in [0, 0.1) is 6.92 Å². The number of aryl methyl sites for hydroxylation is 1. The van der Waals surface area contributed by atoms with E-state index in [-0.39, 0.29) is 6.01 Å². The maximum absolute atomic E-state index is 12.3. The quantitative estimate of drug-likeness (QED) is 0.306. The van der Waals surface area contributed by atoms with Gasteiger partial charge in [0.1, 0.15) is 30.0 Å². The Morgan fingerprint density at radius 3 is 2.88 bits per heavy atom. The fraction of sp³-hybridized carbons (Fsp3) is 0.156. The minimum atomic E-state index is -0.583. The van der Waals surface area contributed by atoms with Crippen LogP contribution in [0.3, 0.4) is 0 Å². The van der Waals surface area contributed by atoms with Gasteiger partial charge in [0.05, 0.1) is 18.3 Å². The van der Waals surface area contributed by atoms with Gasteiger partial charge >= 0.3 is 17.8 Å². The Bertz CT molecular complexity index is 1920. The standard InChI is InChI=1S/C32H27N7O3/c1-20-7-9-26-25(13-20)30(36-19-35-26)39-11-12-41-28-10-8-22(14-24(28)18-39)23-15-27-29(33-17-23)38-31(37-27)42-32(40)34-16-21-5-3-2-4-6-21/h2-10,13-15,17,19H,11-12,16,18H2,1H3,(H,34,40)(H,33,37,38)/p+1. The normalized spacial score (nSPS) is 12.9. The van der Waals surface area contributed by atoms with E-state index in [2.05, 4.69) is 60.3 Å². The van der Waals surface area contributed by atoms with Crippen LogP contribution in [-0.2, 0) is 13.1 Å². The third kappa shape index (κ3) is 5.17. The lowest BCUT2D eigenvalue weighted by Crippen LogP contribution is -2.26. The second kappa shape index (κ2) is 10.8. The predicted octanol–water partition coefficient (Wildman–Crippen LogP) is 4.98. The Labute approximate surface area is 241 Å². The average Bonchev–Trinajstić information content (AvgIpc) is 3.29. The second-order valence-electron chi connectivity index (χ2n) is 10.2. The number of fused-ring (bicyclic) bond motifs is 3. The Morgan fingerprint density at radius 1 is 1.07 bits per heavy atom. The topological polar surface area (TPSA) is 119 Å². The molecule has 0 fully saturated rings. The molecule has 0 bridgehead atoms. The van der Waals surface area contributed by atoms with E-state index in [1.54, 1.807) is 6.33 Å². The maximum Gasteiger partial charge on any atom is 0.420 e. The van der Waals surface area contributed by atoms with Gasteiger partial charge in [-0.2, -0.15) is 0 Å². The number of carbonyl (C=O) groups is 1. The lowest BCUT2D eigenvalue weighted by atomic mass is 10.0. The summed E-state index contributed by atoms with van der Waals surface area (Å²) in [5, 5.41) is 3.77. The molecule has 0 aliphatic carbocycles. The lowest BCUT2D eigenvalue weighted by molar-refractivity contribution is -0.346. The molecule has 0 radical (unpaired) electrons. The van der Waals surface area contributed by atoms with Crippen molar-refractivity contribution in [2.45, 2.75) is 20.0 Å². The molecule has 0 spiro atoms. The van der Waals surface area contributed by atoms with Gasteiger partial charge in [-0.05, 0) is 48.4 Å². The van der Waals surface area contributed by atoms with Crippen LogP contribution >= 0.6 is 0 Å².